The zero-order valence-electron chi connectivity index (χ0n) is 14.6. The summed E-state index contributed by atoms with van der Waals surface area (Å²) >= 11 is 0. The van der Waals surface area contributed by atoms with Gasteiger partial charge in [0.15, 0.2) is 0 Å². The predicted molar refractivity (Wildman–Crippen MR) is 97.9 cm³/mol. The molecule has 7 N–H and O–H groups in total. The van der Waals surface area contributed by atoms with Gasteiger partial charge in [-0.1, -0.05) is 30.3 Å². The second-order valence-corrected chi connectivity index (χ2v) is 7.41. The summed E-state index contributed by atoms with van der Waals surface area (Å²) < 4.78 is 25.9. The second-order valence-electron chi connectivity index (χ2n) is 5.95. The topological polar surface area (TPSA) is 156 Å². The Hall–Kier alpha value is -1.52. The second kappa shape index (κ2) is 11.9. The van der Waals surface area contributed by atoms with Crippen LogP contribution in [0.1, 0.15) is 25.3 Å². The largest absolute Gasteiger partial charge is 0.480 e. The molecule has 25 heavy (non-hydrogen) atoms. The van der Waals surface area contributed by atoms with Gasteiger partial charge in [-0.2, -0.15) is 8.42 Å². The number of rotatable bonds is 9. The summed E-state index contributed by atoms with van der Waals surface area (Å²) in [5, 5.41) is 12.2. The molecule has 0 saturated carbocycles. The van der Waals surface area contributed by atoms with Crippen molar-refractivity contribution in [2.24, 2.45) is 11.5 Å². The molecule has 2 unspecified atom stereocenters. The van der Waals surface area contributed by atoms with Crippen molar-refractivity contribution in [2.75, 3.05) is 12.8 Å². The van der Waals surface area contributed by atoms with Crippen molar-refractivity contribution in [3.63, 3.8) is 0 Å². The van der Waals surface area contributed by atoms with Gasteiger partial charge in [-0.3, -0.25) is 9.35 Å². The number of nitrogens with two attached hydrogens (primary N) is 2. The highest BCUT2D eigenvalue weighted by Crippen LogP contribution is 2.06. The maximum atomic E-state index is 10.7. The van der Waals surface area contributed by atoms with Crippen molar-refractivity contribution >= 4 is 16.1 Å². The van der Waals surface area contributed by atoms with Crippen molar-refractivity contribution in [3.05, 3.63) is 35.9 Å². The van der Waals surface area contributed by atoms with Crippen LogP contribution in [0.4, 0.5) is 0 Å². The normalized spacial score (nSPS) is 14.8. The highest BCUT2D eigenvalue weighted by atomic mass is 32.2. The van der Waals surface area contributed by atoms with Crippen molar-refractivity contribution in [1.82, 2.24) is 5.32 Å². The third kappa shape index (κ3) is 14.5. The van der Waals surface area contributed by atoms with Crippen LogP contribution in [0.5, 0.6) is 0 Å². The minimum Gasteiger partial charge on any atom is -0.480 e. The van der Waals surface area contributed by atoms with Crippen LogP contribution < -0.4 is 16.8 Å². The van der Waals surface area contributed by atoms with E-state index in [-0.39, 0.29) is 12.1 Å². The van der Waals surface area contributed by atoms with Crippen LogP contribution in [0.25, 0.3) is 0 Å². The zero-order chi connectivity index (χ0) is 19.5. The molecule has 0 aliphatic heterocycles. The first-order chi connectivity index (χ1) is 11.5. The van der Waals surface area contributed by atoms with E-state index in [9.17, 15) is 13.2 Å². The van der Waals surface area contributed by atoms with E-state index in [1.54, 1.807) is 0 Å². The van der Waals surface area contributed by atoms with Crippen molar-refractivity contribution in [1.29, 1.82) is 0 Å². The molecule has 0 fully saturated rings. The molecule has 9 heteroatoms. The molecule has 0 aromatic heterocycles. The van der Waals surface area contributed by atoms with E-state index in [0.29, 0.717) is 25.6 Å². The molecule has 0 heterocycles. The smallest absolute Gasteiger partial charge is 0.320 e. The van der Waals surface area contributed by atoms with Crippen LogP contribution in [0, 0.1) is 0 Å². The standard InChI is InChI=1S/C15H25N3O2.CH4O3S/c1-11(9-12-5-3-2-4-6-12)18-13(10-16)7-8-14(17)15(19)20;1-5(2,3)4/h2-6,11,13-14,18H,7-10,16-17H2,1H3,(H,19,20);1H3,(H,2,3,4)/t11?,13?,14-;/m0./s1. The lowest BCUT2D eigenvalue weighted by Gasteiger charge is -2.23. The Kier molecular flexibility index (Phi) is 11.2. The van der Waals surface area contributed by atoms with Gasteiger partial charge in [0.2, 0.25) is 0 Å². The lowest BCUT2D eigenvalue weighted by Crippen LogP contribution is -2.43. The summed E-state index contributed by atoms with van der Waals surface area (Å²) in [5.74, 6) is -0.960. The third-order valence-electron chi connectivity index (χ3n) is 3.33. The van der Waals surface area contributed by atoms with Gasteiger partial charge in [0.1, 0.15) is 6.04 Å². The van der Waals surface area contributed by atoms with Gasteiger partial charge in [-0.25, -0.2) is 0 Å². The summed E-state index contributed by atoms with van der Waals surface area (Å²) in [5.41, 5.74) is 12.5. The van der Waals surface area contributed by atoms with Gasteiger partial charge in [0.25, 0.3) is 10.1 Å². The molecule has 0 spiro atoms. The Morgan fingerprint density at radius 2 is 1.76 bits per heavy atom. The Morgan fingerprint density at radius 1 is 1.24 bits per heavy atom. The molecule has 0 aliphatic rings. The molecule has 0 amide bonds. The van der Waals surface area contributed by atoms with Gasteiger partial charge in [-0.15, -0.1) is 0 Å². The number of hydrogen-bond acceptors (Lipinski definition) is 6. The maximum Gasteiger partial charge on any atom is 0.320 e. The maximum absolute atomic E-state index is 10.7. The van der Waals surface area contributed by atoms with Crippen molar-refractivity contribution in [2.45, 2.75) is 44.3 Å². The van der Waals surface area contributed by atoms with Crippen molar-refractivity contribution < 1.29 is 22.9 Å². The number of hydrogen-bond donors (Lipinski definition) is 5. The summed E-state index contributed by atoms with van der Waals surface area (Å²) in [6.45, 7) is 2.58. The van der Waals surface area contributed by atoms with Crippen LogP contribution in [-0.2, 0) is 21.3 Å². The fourth-order valence-electron chi connectivity index (χ4n) is 2.20. The molecule has 0 radical (unpaired) electrons. The van der Waals surface area contributed by atoms with Gasteiger partial charge in [-0.05, 0) is 31.7 Å². The molecule has 0 bridgehead atoms. The van der Waals surface area contributed by atoms with Crippen molar-refractivity contribution in [3.8, 4) is 0 Å². The number of carbonyl (C=O) groups is 1. The number of carboxylic acid groups (broad SMARTS) is 1. The molecule has 144 valence electrons. The first-order valence-electron chi connectivity index (χ1n) is 7.93. The molecule has 1 aromatic rings. The molecule has 1 aromatic carbocycles. The molecular formula is C16H29N3O5S. The SMILES string of the molecule is CC(Cc1ccccc1)NC(CN)CC[C@H](N)C(=O)O.CS(=O)(=O)O. The molecular weight excluding hydrogens is 346 g/mol. The summed E-state index contributed by atoms with van der Waals surface area (Å²) in [6, 6.07) is 9.80. The average molecular weight is 375 g/mol. The van der Waals surface area contributed by atoms with E-state index < -0.39 is 22.1 Å². The number of carboxylic acids is 1. The van der Waals surface area contributed by atoms with Gasteiger partial charge >= 0.3 is 5.97 Å². The van der Waals surface area contributed by atoms with Gasteiger partial charge < -0.3 is 21.9 Å². The molecule has 0 saturated heterocycles. The Balaban J connectivity index is 0.00000101. The fourth-order valence-corrected chi connectivity index (χ4v) is 2.20. The van der Waals surface area contributed by atoms with Gasteiger partial charge in [0.05, 0.1) is 6.26 Å². The highest BCUT2D eigenvalue weighted by molar-refractivity contribution is 7.85. The third-order valence-corrected chi connectivity index (χ3v) is 3.33. The first kappa shape index (κ1) is 23.5. The summed E-state index contributed by atoms with van der Waals surface area (Å²) in [4.78, 5) is 10.7. The van der Waals surface area contributed by atoms with E-state index in [1.165, 1.54) is 5.56 Å². The van der Waals surface area contributed by atoms with E-state index in [1.807, 2.05) is 18.2 Å². The van der Waals surface area contributed by atoms with Crippen LogP contribution in [0.2, 0.25) is 0 Å². The Labute approximate surface area is 149 Å². The monoisotopic (exact) mass is 375 g/mol. The number of aliphatic carboxylic acids is 1. The van der Waals surface area contributed by atoms with Crippen LogP contribution in [-0.4, -0.2) is 55.0 Å². The van der Waals surface area contributed by atoms with E-state index >= 15 is 0 Å². The van der Waals surface area contributed by atoms with Crippen LogP contribution >= 0.6 is 0 Å². The predicted octanol–water partition coefficient (Wildman–Crippen LogP) is 0.231. The minimum atomic E-state index is -3.67. The van der Waals surface area contributed by atoms with E-state index in [4.69, 9.17) is 21.1 Å². The summed E-state index contributed by atoms with van der Waals surface area (Å²) in [6.07, 6.45) is 2.74. The minimum absolute atomic E-state index is 0.0964. The lowest BCUT2D eigenvalue weighted by atomic mass is 10.0. The Bertz CT molecular complexity index is 587. The van der Waals surface area contributed by atoms with E-state index in [2.05, 4.69) is 24.4 Å². The highest BCUT2D eigenvalue weighted by Gasteiger charge is 2.16. The fraction of sp³-hybridized carbons (Fsp3) is 0.562. The molecule has 3 atom stereocenters. The number of benzene rings is 1. The van der Waals surface area contributed by atoms with Crippen LogP contribution in [0.3, 0.4) is 0 Å². The summed E-state index contributed by atoms with van der Waals surface area (Å²) in [7, 11) is -3.67. The van der Waals surface area contributed by atoms with E-state index in [0.717, 1.165) is 6.42 Å². The quantitative estimate of drug-likeness (QED) is 0.384. The average Bonchev–Trinajstić information content (AvgIpc) is 2.50. The lowest BCUT2D eigenvalue weighted by molar-refractivity contribution is -0.138. The molecule has 8 nitrogen and oxygen atoms in total. The van der Waals surface area contributed by atoms with Crippen LogP contribution in [0.15, 0.2) is 30.3 Å². The molecule has 1 rings (SSSR count). The zero-order valence-corrected chi connectivity index (χ0v) is 15.4. The van der Waals surface area contributed by atoms with Gasteiger partial charge in [0, 0.05) is 18.6 Å². The first-order valence-corrected chi connectivity index (χ1v) is 9.78. The number of nitrogens with one attached hydrogen (secondary N) is 1. The molecule has 0 aliphatic carbocycles. The Morgan fingerprint density at radius 3 is 2.20 bits per heavy atom.